The van der Waals surface area contributed by atoms with Crippen molar-refractivity contribution in [2.45, 2.75) is 39.0 Å². The maximum absolute atomic E-state index is 4.60. The molecule has 3 nitrogen and oxygen atoms in total. The third kappa shape index (κ3) is 6.91. The molecule has 0 radical (unpaired) electrons. The summed E-state index contributed by atoms with van der Waals surface area (Å²) in [6.45, 7) is 3.94. The van der Waals surface area contributed by atoms with Gasteiger partial charge in [-0.3, -0.25) is 4.99 Å². The van der Waals surface area contributed by atoms with Crippen molar-refractivity contribution >= 4 is 29.9 Å². The van der Waals surface area contributed by atoms with Crippen molar-refractivity contribution in [1.29, 1.82) is 0 Å². The molecule has 17 heavy (non-hydrogen) atoms. The molecule has 0 amide bonds. The van der Waals surface area contributed by atoms with E-state index in [9.17, 15) is 0 Å². The molecule has 4 heteroatoms. The second kappa shape index (κ2) is 9.74. The van der Waals surface area contributed by atoms with E-state index in [-0.39, 0.29) is 24.0 Å². The van der Waals surface area contributed by atoms with Gasteiger partial charge in [-0.25, -0.2) is 0 Å². The maximum atomic E-state index is 4.60. The molecular formula is C13H26IN3. The monoisotopic (exact) mass is 351 g/mol. The van der Waals surface area contributed by atoms with Gasteiger partial charge in [0.2, 0.25) is 0 Å². The van der Waals surface area contributed by atoms with E-state index in [1.165, 1.54) is 25.7 Å². The number of rotatable bonds is 4. The highest BCUT2D eigenvalue weighted by atomic mass is 127. The van der Waals surface area contributed by atoms with Gasteiger partial charge in [0.15, 0.2) is 5.96 Å². The van der Waals surface area contributed by atoms with Crippen LogP contribution in [0.1, 0.15) is 39.0 Å². The van der Waals surface area contributed by atoms with Crippen LogP contribution in [-0.4, -0.2) is 38.0 Å². The van der Waals surface area contributed by atoms with E-state index >= 15 is 0 Å². The van der Waals surface area contributed by atoms with Crippen LogP contribution in [0.4, 0.5) is 0 Å². The zero-order chi connectivity index (χ0) is 11.8. The summed E-state index contributed by atoms with van der Waals surface area (Å²) in [5.41, 5.74) is 1.60. The third-order valence-corrected chi connectivity index (χ3v) is 2.84. The van der Waals surface area contributed by atoms with Crippen molar-refractivity contribution in [3.8, 4) is 0 Å². The molecule has 100 valence electrons. The largest absolute Gasteiger partial charge is 0.357 e. The van der Waals surface area contributed by atoms with Crippen LogP contribution in [0.3, 0.4) is 0 Å². The fraction of sp³-hybridized carbons (Fsp3) is 0.769. The second-order valence-electron chi connectivity index (χ2n) is 4.49. The standard InChI is InChI=1S/C13H25N3.HI/c1-4-14-13(16(2)3)15-11-10-12-8-6-5-7-9-12;/h8H,4-7,9-11H2,1-3H3,(H,14,15);1H. The van der Waals surface area contributed by atoms with Crippen LogP contribution in [0, 0.1) is 0 Å². The quantitative estimate of drug-likeness (QED) is 0.365. The zero-order valence-corrected chi connectivity index (χ0v) is 13.7. The van der Waals surface area contributed by atoms with Gasteiger partial charge in [0, 0.05) is 27.2 Å². The first-order chi connectivity index (χ1) is 7.74. The third-order valence-electron chi connectivity index (χ3n) is 2.84. The topological polar surface area (TPSA) is 27.6 Å². The number of nitrogens with zero attached hydrogens (tertiary/aromatic N) is 2. The first-order valence-corrected chi connectivity index (χ1v) is 6.37. The molecule has 0 bridgehead atoms. The number of guanidine groups is 1. The minimum absolute atomic E-state index is 0. The Bertz CT molecular complexity index is 259. The van der Waals surface area contributed by atoms with E-state index in [4.69, 9.17) is 0 Å². The van der Waals surface area contributed by atoms with E-state index in [1.54, 1.807) is 5.57 Å². The van der Waals surface area contributed by atoms with Crippen LogP contribution in [-0.2, 0) is 0 Å². The molecule has 0 spiro atoms. The second-order valence-corrected chi connectivity index (χ2v) is 4.49. The lowest BCUT2D eigenvalue weighted by molar-refractivity contribution is 0.582. The minimum Gasteiger partial charge on any atom is -0.357 e. The van der Waals surface area contributed by atoms with E-state index in [0.717, 1.165) is 25.5 Å². The van der Waals surface area contributed by atoms with Crippen LogP contribution in [0.15, 0.2) is 16.6 Å². The van der Waals surface area contributed by atoms with Crippen molar-refractivity contribution in [2.24, 2.45) is 4.99 Å². The first-order valence-electron chi connectivity index (χ1n) is 6.37. The first kappa shape index (κ1) is 16.7. The minimum atomic E-state index is 0. The van der Waals surface area contributed by atoms with Gasteiger partial charge in [-0.15, -0.1) is 24.0 Å². The predicted octanol–water partition coefficient (Wildman–Crippen LogP) is 3.02. The van der Waals surface area contributed by atoms with E-state index in [1.807, 2.05) is 19.0 Å². The summed E-state index contributed by atoms with van der Waals surface area (Å²) in [5, 5.41) is 3.28. The van der Waals surface area contributed by atoms with E-state index in [2.05, 4.69) is 23.3 Å². The lowest BCUT2D eigenvalue weighted by Gasteiger charge is -2.17. The fourth-order valence-corrected chi connectivity index (χ4v) is 1.95. The predicted molar refractivity (Wildman–Crippen MR) is 86.2 cm³/mol. The lowest BCUT2D eigenvalue weighted by atomic mass is 9.97. The molecule has 1 aliphatic rings. The van der Waals surface area contributed by atoms with E-state index < -0.39 is 0 Å². The number of hydrogen-bond donors (Lipinski definition) is 1. The molecular weight excluding hydrogens is 325 g/mol. The molecule has 1 N–H and O–H groups in total. The van der Waals surface area contributed by atoms with Crippen molar-refractivity contribution in [1.82, 2.24) is 10.2 Å². The fourth-order valence-electron chi connectivity index (χ4n) is 1.95. The van der Waals surface area contributed by atoms with Crippen LogP contribution in [0.25, 0.3) is 0 Å². The highest BCUT2D eigenvalue weighted by Crippen LogP contribution is 2.19. The molecule has 0 heterocycles. The molecule has 0 aromatic heterocycles. The van der Waals surface area contributed by atoms with Gasteiger partial charge in [0.1, 0.15) is 0 Å². The highest BCUT2D eigenvalue weighted by molar-refractivity contribution is 14.0. The molecule has 0 aromatic rings. The number of allylic oxidation sites excluding steroid dienone is 1. The summed E-state index contributed by atoms with van der Waals surface area (Å²) in [4.78, 5) is 6.64. The Labute approximate surface area is 123 Å². The summed E-state index contributed by atoms with van der Waals surface area (Å²) in [7, 11) is 4.06. The molecule has 1 aliphatic carbocycles. The van der Waals surface area contributed by atoms with Crippen molar-refractivity contribution < 1.29 is 0 Å². The molecule has 0 aliphatic heterocycles. The summed E-state index contributed by atoms with van der Waals surface area (Å²) in [6.07, 6.45) is 8.82. The number of halogens is 1. The zero-order valence-electron chi connectivity index (χ0n) is 11.3. The average Bonchev–Trinajstić information content (AvgIpc) is 2.29. The van der Waals surface area contributed by atoms with Gasteiger partial charge in [-0.05, 0) is 39.0 Å². The smallest absolute Gasteiger partial charge is 0.193 e. The summed E-state index contributed by atoms with van der Waals surface area (Å²) >= 11 is 0. The van der Waals surface area contributed by atoms with Crippen molar-refractivity contribution in [3.05, 3.63) is 11.6 Å². The number of hydrogen-bond acceptors (Lipinski definition) is 1. The van der Waals surface area contributed by atoms with Crippen LogP contribution in [0.5, 0.6) is 0 Å². The Kier molecular flexibility index (Phi) is 9.59. The maximum Gasteiger partial charge on any atom is 0.193 e. The van der Waals surface area contributed by atoms with Gasteiger partial charge in [0.05, 0.1) is 0 Å². The van der Waals surface area contributed by atoms with Crippen molar-refractivity contribution in [2.75, 3.05) is 27.2 Å². The molecule has 1 rings (SSSR count). The van der Waals surface area contributed by atoms with Gasteiger partial charge in [-0.1, -0.05) is 11.6 Å². The average molecular weight is 351 g/mol. The van der Waals surface area contributed by atoms with Crippen LogP contribution in [0.2, 0.25) is 0 Å². The number of nitrogens with one attached hydrogen (secondary N) is 1. The highest BCUT2D eigenvalue weighted by Gasteiger charge is 2.03. The van der Waals surface area contributed by atoms with Gasteiger partial charge < -0.3 is 10.2 Å². The molecule has 0 unspecified atom stereocenters. The lowest BCUT2D eigenvalue weighted by Crippen LogP contribution is -2.36. The molecule has 0 saturated carbocycles. The molecule has 0 fully saturated rings. The summed E-state index contributed by atoms with van der Waals surface area (Å²) in [6, 6.07) is 0. The van der Waals surface area contributed by atoms with Crippen LogP contribution < -0.4 is 5.32 Å². The Hall–Kier alpha value is -0.260. The van der Waals surface area contributed by atoms with Gasteiger partial charge in [-0.2, -0.15) is 0 Å². The van der Waals surface area contributed by atoms with Crippen molar-refractivity contribution in [3.63, 3.8) is 0 Å². The Balaban J connectivity index is 0.00000256. The molecule has 0 atom stereocenters. The SMILES string of the molecule is CCNC(=NCCC1=CCCCC1)N(C)C.I. The van der Waals surface area contributed by atoms with Crippen LogP contribution >= 0.6 is 24.0 Å². The number of aliphatic imine (C=N–C) groups is 1. The summed E-state index contributed by atoms with van der Waals surface area (Å²) < 4.78 is 0. The molecule has 0 aromatic carbocycles. The van der Waals surface area contributed by atoms with E-state index in [0.29, 0.717) is 0 Å². The normalized spacial score (nSPS) is 15.9. The molecule has 0 saturated heterocycles. The Morgan fingerprint density at radius 1 is 1.41 bits per heavy atom. The van der Waals surface area contributed by atoms with Gasteiger partial charge in [0.25, 0.3) is 0 Å². The van der Waals surface area contributed by atoms with Gasteiger partial charge >= 0.3 is 0 Å². The Morgan fingerprint density at radius 2 is 2.18 bits per heavy atom. The summed E-state index contributed by atoms with van der Waals surface area (Å²) in [5.74, 6) is 0.999. The Morgan fingerprint density at radius 3 is 2.71 bits per heavy atom.